The predicted molar refractivity (Wildman–Crippen MR) is 79.5 cm³/mol. The van der Waals surface area contributed by atoms with Crippen LogP contribution in [0.15, 0.2) is 31.8 Å². The largest absolute Gasteiger partial charge is 0.496 e. The van der Waals surface area contributed by atoms with E-state index in [-0.39, 0.29) is 11.2 Å². The van der Waals surface area contributed by atoms with E-state index in [0.29, 0.717) is 22.9 Å². The van der Waals surface area contributed by atoms with Gasteiger partial charge >= 0.3 is 11.5 Å². The zero-order chi connectivity index (χ0) is 15.9. The number of benzene rings is 1. The minimum Gasteiger partial charge on any atom is -0.496 e. The summed E-state index contributed by atoms with van der Waals surface area (Å²) < 4.78 is 15.8. The number of nitro groups is 1. The second-order valence-electron chi connectivity index (χ2n) is 4.88. The van der Waals surface area contributed by atoms with Gasteiger partial charge < -0.3 is 13.6 Å². The first-order chi connectivity index (χ1) is 10.5. The number of rotatable bonds is 4. The molecule has 7 nitrogen and oxygen atoms in total. The zero-order valence-corrected chi connectivity index (χ0v) is 12.0. The van der Waals surface area contributed by atoms with Crippen molar-refractivity contribution in [1.29, 1.82) is 0 Å². The summed E-state index contributed by atoms with van der Waals surface area (Å²) in [4.78, 5) is 22.0. The van der Waals surface area contributed by atoms with E-state index in [1.165, 1.54) is 19.2 Å². The quantitative estimate of drug-likeness (QED) is 0.416. The molecule has 0 aliphatic carbocycles. The van der Waals surface area contributed by atoms with Crippen LogP contribution in [0.1, 0.15) is 18.9 Å². The fraction of sp³-hybridized carbons (Fsp3) is 0.267. The SMILES string of the molecule is CCCc1cc(=O)oc2c1c(OC)cc1oc([N+](=O)[O-])cc12. The van der Waals surface area contributed by atoms with Crippen LogP contribution in [0.2, 0.25) is 0 Å². The molecule has 0 amide bonds. The number of hydrogen-bond acceptors (Lipinski definition) is 6. The van der Waals surface area contributed by atoms with Crippen LogP contribution in [0.4, 0.5) is 5.88 Å². The van der Waals surface area contributed by atoms with Crippen molar-refractivity contribution in [1.82, 2.24) is 0 Å². The minimum atomic E-state index is -0.633. The van der Waals surface area contributed by atoms with Crippen molar-refractivity contribution in [3.8, 4) is 5.75 Å². The number of hydrogen-bond donors (Lipinski definition) is 0. The Morgan fingerprint density at radius 3 is 2.68 bits per heavy atom. The van der Waals surface area contributed by atoms with Crippen molar-refractivity contribution in [2.75, 3.05) is 7.11 Å². The smallest absolute Gasteiger partial charge is 0.434 e. The maximum atomic E-state index is 11.8. The molecule has 7 heteroatoms. The second-order valence-corrected chi connectivity index (χ2v) is 4.88. The molecule has 0 saturated heterocycles. The predicted octanol–water partition coefficient (Wildman–Crippen LogP) is 3.41. The maximum absolute atomic E-state index is 11.8. The third-order valence-electron chi connectivity index (χ3n) is 3.46. The highest BCUT2D eigenvalue weighted by Crippen LogP contribution is 2.38. The summed E-state index contributed by atoms with van der Waals surface area (Å²) in [5.74, 6) is 0.0482. The summed E-state index contributed by atoms with van der Waals surface area (Å²) in [6, 6.07) is 4.26. The van der Waals surface area contributed by atoms with Crippen molar-refractivity contribution < 1.29 is 18.5 Å². The first-order valence-corrected chi connectivity index (χ1v) is 6.76. The molecule has 114 valence electrons. The number of nitrogens with zero attached hydrogens (tertiary/aromatic N) is 1. The van der Waals surface area contributed by atoms with Gasteiger partial charge in [0.1, 0.15) is 16.3 Å². The summed E-state index contributed by atoms with van der Waals surface area (Å²) in [7, 11) is 1.48. The highest BCUT2D eigenvalue weighted by atomic mass is 16.6. The first kappa shape index (κ1) is 14.1. The number of methoxy groups -OCH3 is 1. The monoisotopic (exact) mass is 303 g/mol. The zero-order valence-electron chi connectivity index (χ0n) is 12.0. The van der Waals surface area contributed by atoms with Crippen LogP contribution in [-0.4, -0.2) is 12.0 Å². The normalized spacial score (nSPS) is 11.2. The molecule has 0 aliphatic rings. The molecule has 0 radical (unpaired) electrons. The fourth-order valence-electron chi connectivity index (χ4n) is 2.59. The summed E-state index contributed by atoms with van der Waals surface area (Å²) in [5, 5.41) is 11.9. The van der Waals surface area contributed by atoms with Gasteiger partial charge in [-0.1, -0.05) is 13.3 Å². The number of fused-ring (bicyclic) bond motifs is 3. The van der Waals surface area contributed by atoms with Gasteiger partial charge in [0.25, 0.3) is 0 Å². The third kappa shape index (κ3) is 2.11. The van der Waals surface area contributed by atoms with E-state index in [9.17, 15) is 14.9 Å². The van der Waals surface area contributed by atoms with Crippen LogP contribution in [0.25, 0.3) is 21.9 Å². The molecular formula is C15H13NO6. The van der Waals surface area contributed by atoms with Crippen molar-refractivity contribution in [3.05, 3.63) is 44.3 Å². The van der Waals surface area contributed by atoms with Crippen LogP contribution in [-0.2, 0) is 6.42 Å². The first-order valence-electron chi connectivity index (χ1n) is 6.76. The highest BCUT2D eigenvalue weighted by molar-refractivity contribution is 6.07. The van der Waals surface area contributed by atoms with Crippen LogP contribution >= 0.6 is 0 Å². The number of ether oxygens (including phenoxy) is 1. The van der Waals surface area contributed by atoms with Gasteiger partial charge in [-0.15, -0.1) is 0 Å². The molecule has 3 rings (SSSR count). The lowest BCUT2D eigenvalue weighted by molar-refractivity contribution is -0.401. The van der Waals surface area contributed by atoms with Crippen molar-refractivity contribution in [2.45, 2.75) is 19.8 Å². The molecule has 0 atom stereocenters. The van der Waals surface area contributed by atoms with Gasteiger partial charge in [0.15, 0.2) is 5.58 Å². The Hall–Kier alpha value is -2.83. The van der Waals surface area contributed by atoms with Crippen LogP contribution in [0.3, 0.4) is 0 Å². The second kappa shape index (κ2) is 5.18. The lowest BCUT2D eigenvalue weighted by Crippen LogP contribution is -2.02. The standard InChI is InChI=1S/C15H13NO6/c1-3-4-8-5-13(17)22-15-9-6-12(16(18)19)21-10(9)7-11(20-2)14(8)15/h5-7H,3-4H2,1-2H3. The molecule has 3 aromatic rings. The van der Waals surface area contributed by atoms with Gasteiger partial charge in [-0.05, 0) is 12.0 Å². The van der Waals surface area contributed by atoms with E-state index in [1.54, 1.807) is 6.07 Å². The van der Waals surface area contributed by atoms with E-state index in [4.69, 9.17) is 13.6 Å². The number of aryl methyl sites for hydroxylation is 1. The Labute approximate surface area is 124 Å². The summed E-state index contributed by atoms with van der Waals surface area (Å²) in [6.45, 7) is 1.99. The molecule has 1 aromatic carbocycles. The van der Waals surface area contributed by atoms with E-state index in [0.717, 1.165) is 12.0 Å². The molecule has 0 spiro atoms. The van der Waals surface area contributed by atoms with Crippen LogP contribution < -0.4 is 10.4 Å². The Kier molecular flexibility index (Phi) is 3.32. The number of furan rings is 1. The summed E-state index contributed by atoms with van der Waals surface area (Å²) >= 11 is 0. The lowest BCUT2D eigenvalue weighted by atomic mass is 10.0. The molecule has 0 aliphatic heterocycles. The average Bonchev–Trinajstić information content (AvgIpc) is 2.90. The van der Waals surface area contributed by atoms with E-state index >= 15 is 0 Å². The Morgan fingerprint density at radius 2 is 2.05 bits per heavy atom. The van der Waals surface area contributed by atoms with Crippen molar-refractivity contribution in [3.63, 3.8) is 0 Å². The molecule has 22 heavy (non-hydrogen) atoms. The van der Waals surface area contributed by atoms with Crippen molar-refractivity contribution in [2.24, 2.45) is 0 Å². The molecule has 2 heterocycles. The molecule has 0 fully saturated rings. The highest BCUT2D eigenvalue weighted by Gasteiger charge is 2.21. The Balaban J connectivity index is 2.49. The van der Waals surface area contributed by atoms with Gasteiger partial charge in [-0.2, -0.15) is 0 Å². The molecular weight excluding hydrogens is 290 g/mol. The van der Waals surface area contributed by atoms with E-state index in [2.05, 4.69) is 0 Å². The molecule has 0 N–H and O–H groups in total. The maximum Gasteiger partial charge on any atom is 0.434 e. The van der Waals surface area contributed by atoms with E-state index < -0.39 is 16.4 Å². The third-order valence-corrected chi connectivity index (χ3v) is 3.46. The van der Waals surface area contributed by atoms with Crippen LogP contribution in [0, 0.1) is 10.1 Å². The molecule has 0 saturated carbocycles. The van der Waals surface area contributed by atoms with Gasteiger partial charge in [0.05, 0.1) is 23.9 Å². The van der Waals surface area contributed by atoms with Crippen molar-refractivity contribution >= 4 is 27.8 Å². The average molecular weight is 303 g/mol. The van der Waals surface area contributed by atoms with Gasteiger partial charge in [0.2, 0.25) is 0 Å². The lowest BCUT2D eigenvalue weighted by Gasteiger charge is -2.09. The van der Waals surface area contributed by atoms with Gasteiger partial charge in [-0.25, -0.2) is 4.79 Å². The minimum absolute atomic E-state index is 0.243. The Morgan fingerprint density at radius 1 is 1.27 bits per heavy atom. The topological polar surface area (TPSA) is 95.7 Å². The van der Waals surface area contributed by atoms with Gasteiger partial charge in [0, 0.05) is 12.1 Å². The molecule has 0 bridgehead atoms. The van der Waals surface area contributed by atoms with Crippen LogP contribution in [0.5, 0.6) is 5.75 Å². The molecule has 0 unspecified atom stereocenters. The summed E-state index contributed by atoms with van der Waals surface area (Å²) in [5.41, 5.74) is 0.778. The summed E-state index contributed by atoms with van der Waals surface area (Å²) in [6.07, 6.45) is 1.51. The van der Waals surface area contributed by atoms with E-state index in [1.807, 2.05) is 6.92 Å². The molecule has 2 aromatic heterocycles. The fourth-order valence-corrected chi connectivity index (χ4v) is 2.59. The van der Waals surface area contributed by atoms with Gasteiger partial charge in [-0.3, -0.25) is 10.1 Å². The Bertz CT molecular complexity index is 936.